The highest BCUT2D eigenvalue weighted by atomic mass is 32.2. The summed E-state index contributed by atoms with van der Waals surface area (Å²) in [5.41, 5.74) is 2.67. The second kappa shape index (κ2) is 3.69. The fraction of sp³-hybridized carbons (Fsp3) is 0.500. The van der Waals surface area contributed by atoms with Gasteiger partial charge >= 0.3 is 0 Å². The van der Waals surface area contributed by atoms with E-state index >= 15 is 0 Å². The smallest absolute Gasteiger partial charge is 0.168 e. The van der Waals surface area contributed by atoms with Crippen LogP contribution in [0.4, 0.5) is 0 Å². The molecule has 2 heterocycles. The van der Waals surface area contributed by atoms with Crippen molar-refractivity contribution in [1.29, 1.82) is 0 Å². The summed E-state index contributed by atoms with van der Waals surface area (Å²) >= 11 is 1.79. The van der Waals surface area contributed by atoms with Gasteiger partial charge in [-0.05, 0) is 0 Å². The first-order valence-electron chi connectivity index (χ1n) is 4.65. The van der Waals surface area contributed by atoms with Crippen LogP contribution in [0, 0.1) is 0 Å². The Bertz CT molecular complexity index is 377. The lowest BCUT2D eigenvalue weighted by atomic mass is 10.1. The quantitative estimate of drug-likeness (QED) is 0.698. The molecule has 0 fully saturated rings. The number of hydrogen-bond acceptors (Lipinski definition) is 4. The van der Waals surface area contributed by atoms with Gasteiger partial charge in [0.25, 0.3) is 0 Å². The van der Waals surface area contributed by atoms with Crippen LogP contribution < -0.4 is 0 Å². The Balaban J connectivity index is 2.54. The van der Waals surface area contributed by atoms with Crippen molar-refractivity contribution >= 4 is 18.0 Å². The summed E-state index contributed by atoms with van der Waals surface area (Å²) in [6, 6.07) is 0. The largest absolute Gasteiger partial charge is 0.296 e. The summed E-state index contributed by atoms with van der Waals surface area (Å²) in [5.74, 6) is 2.86. The average molecular weight is 208 g/mol. The predicted octanol–water partition coefficient (Wildman–Crippen LogP) is 2.16. The zero-order valence-electron chi connectivity index (χ0n) is 8.28. The van der Waals surface area contributed by atoms with Crippen LogP contribution in [-0.2, 0) is 11.5 Å². The number of carbonyl (C=O) groups is 1. The molecule has 1 aliphatic heterocycles. The van der Waals surface area contributed by atoms with Crippen molar-refractivity contribution in [3.8, 4) is 0 Å². The second-order valence-corrected chi connectivity index (χ2v) is 4.64. The van der Waals surface area contributed by atoms with E-state index in [4.69, 9.17) is 0 Å². The third-order valence-corrected chi connectivity index (χ3v) is 3.23. The first-order valence-corrected chi connectivity index (χ1v) is 5.80. The van der Waals surface area contributed by atoms with E-state index in [9.17, 15) is 4.79 Å². The van der Waals surface area contributed by atoms with E-state index in [0.717, 1.165) is 34.9 Å². The van der Waals surface area contributed by atoms with E-state index in [1.54, 1.807) is 11.8 Å². The maximum absolute atomic E-state index is 10.8. The van der Waals surface area contributed by atoms with Crippen molar-refractivity contribution in [2.24, 2.45) is 0 Å². The number of hydrogen-bond donors (Lipinski definition) is 0. The Kier molecular flexibility index (Phi) is 2.54. The molecule has 0 saturated heterocycles. The minimum atomic E-state index is 0.282. The molecule has 0 radical (unpaired) electrons. The number of nitrogens with zero attached hydrogens (tertiary/aromatic N) is 2. The number of aldehydes is 1. The Morgan fingerprint density at radius 3 is 2.79 bits per heavy atom. The van der Waals surface area contributed by atoms with E-state index < -0.39 is 0 Å². The molecule has 74 valence electrons. The molecule has 0 atom stereocenters. The molecule has 2 rings (SSSR count). The molecule has 0 saturated carbocycles. The maximum Gasteiger partial charge on any atom is 0.168 e. The lowest BCUT2D eigenvalue weighted by molar-refractivity contribution is 0.111. The lowest BCUT2D eigenvalue weighted by Gasteiger charge is -2.07. The van der Waals surface area contributed by atoms with Gasteiger partial charge in [-0.15, -0.1) is 0 Å². The van der Waals surface area contributed by atoms with Crippen molar-refractivity contribution in [2.45, 2.75) is 31.3 Å². The van der Waals surface area contributed by atoms with Gasteiger partial charge in [0.05, 0.1) is 5.69 Å². The molecule has 0 N–H and O–H groups in total. The number of thioether (sulfide) groups is 1. The van der Waals surface area contributed by atoms with E-state index in [1.807, 2.05) is 13.8 Å². The fourth-order valence-electron chi connectivity index (χ4n) is 1.45. The summed E-state index contributed by atoms with van der Waals surface area (Å²) in [5, 5.41) is 0. The first kappa shape index (κ1) is 9.65. The van der Waals surface area contributed by atoms with Gasteiger partial charge in [-0.2, -0.15) is 11.8 Å². The minimum absolute atomic E-state index is 0.282. The van der Waals surface area contributed by atoms with Crippen molar-refractivity contribution in [1.82, 2.24) is 9.97 Å². The Morgan fingerprint density at radius 1 is 1.36 bits per heavy atom. The molecule has 0 aromatic carbocycles. The average Bonchev–Trinajstić information content (AvgIpc) is 2.63. The molecule has 0 spiro atoms. The highest BCUT2D eigenvalue weighted by molar-refractivity contribution is 7.98. The number of carbonyl (C=O) groups excluding carboxylic acids is 1. The monoisotopic (exact) mass is 208 g/mol. The molecule has 0 bridgehead atoms. The van der Waals surface area contributed by atoms with Gasteiger partial charge in [-0.25, -0.2) is 9.97 Å². The summed E-state index contributed by atoms with van der Waals surface area (Å²) < 4.78 is 0. The molecule has 3 nitrogen and oxygen atoms in total. The molecule has 1 aromatic rings. The van der Waals surface area contributed by atoms with Gasteiger partial charge in [0.2, 0.25) is 0 Å². The van der Waals surface area contributed by atoms with E-state index in [2.05, 4.69) is 9.97 Å². The van der Waals surface area contributed by atoms with Crippen LogP contribution >= 0.6 is 11.8 Å². The molecule has 0 aliphatic carbocycles. The fourth-order valence-corrected chi connectivity index (χ4v) is 2.50. The summed E-state index contributed by atoms with van der Waals surface area (Å²) in [6.45, 7) is 4.08. The van der Waals surface area contributed by atoms with Crippen LogP contribution in [0.25, 0.3) is 0 Å². The van der Waals surface area contributed by atoms with Crippen molar-refractivity contribution in [3.63, 3.8) is 0 Å². The number of fused-ring (bicyclic) bond motifs is 1. The van der Waals surface area contributed by atoms with Crippen molar-refractivity contribution < 1.29 is 4.79 Å². The lowest BCUT2D eigenvalue weighted by Crippen LogP contribution is -2.06. The molecule has 0 amide bonds. The SMILES string of the molecule is CC(C)c1nc(C=O)c2c(n1)CSC2. The number of aromatic nitrogens is 2. The highest BCUT2D eigenvalue weighted by Gasteiger charge is 2.19. The second-order valence-electron chi connectivity index (χ2n) is 3.66. The molecule has 4 heteroatoms. The molecular formula is C10H12N2OS. The summed E-state index contributed by atoms with van der Waals surface area (Å²) in [4.78, 5) is 19.6. The molecule has 1 aliphatic rings. The molecule has 14 heavy (non-hydrogen) atoms. The van der Waals surface area contributed by atoms with Crippen LogP contribution in [0.15, 0.2) is 0 Å². The predicted molar refractivity (Wildman–Crippen MR) is 56.5 cm³/mol. The molecular weight excluding hydrogens is 196 g/mol. The topological polar surface area (TPSA) is 42.9 Å². The molecule has 0 unspecified atom stereocenters. The Morgan fingerprint density at radius 2 is 2.14 bits per heavy atom. The van der Waals surface area contributed by atoms with E-state index in [0.29, 0.717) is 5.69 Å². The normalized spacial score (nSPS) is 14.5. The standard InChI is InChI=1S/C10H12N2OS/c1-6(2)10-11-8(3-13)7-4-14-5-9(7)12-10/h3,6H,4-5H2,1-2H3. The van der Waals surface area contributed by atoms with Crippen LogP contribution in [-0.4, -0.2) is 16.3 Å². The van der Waals surface area contributed by atoms with Gasteiger partial charge in [-0.1, -0.05) is 13.8 Å². The van der Waals surface area contributed by atoms with E-state index in [-0.39, 0.29) is 5.92 Å². The van der Waals surface area contributed by atoms with Gasteiger partial charge < -0.3 is 0 Å². The highest BCUT2D eigenvalue weighted by Crippen LogP contribution is 2.30. The minimum Gasteiger partial charge on any atom is -0.296 e. The summed E-state index contributed by atoms with van der Waals surface area (Å²) in [7, 11) is 0. The van der Waals surface area contributed by atoms with Gasteiger partial charge in [0.15, 0.2) is 6.29 Å². The van der Waals surface area contributed by atoms with Gasteiger partial charge in [0, 0.05) is 23.0 Å². The molecule has 1 aromatic heterocycles. The zero-order valence-corrected chi connectivity index (χ0v) is 9.10. The number of rotatable bonds is 2. The van der Waals surface area contributed by atoms with Crippen LogP contribution in [0.2, 0.25) is 0 Å². The Hall–Kier alpha value is -0.900. The van der Waals surface area contributed by atoms with Crippen LogP contribution in [0.5, 0.6) is 0 Å². The summed E-state index contributed by atoms with van der Waals surface area (Å²) in [6.07, 6.45) is 0.846. The first-order chi connectivity index (χ1) is 6.72. The van der Waals surface area contributed by atoms with Gasteiger partial charge in [-0.3, -0.25) is 4.79 Å². The Labute approximate surface area is 87.3 Å². The maximum atomic E-state index is 10.8. The third kappa shape index (κ3) is 1.54. The van der Waals surface area contributed by atoms with Crippen molar-refractivity contribution in [3.05, 3.63) is 22.8 Å². The third-order valence-electron chi connectivity index (χ3n) is 2.26. The van der Waals surface area contributed by atoms with Crippen LogP contribution in [0.1, 0.15) is 47.3 Å². The zero-order chi connectivity index (χ0) is 10.1. The van der Waals surface area contributed by atoms with Crippen molar-refractivity contribution in [2.75, 3.05) is 0 Å². The van der Waals surface area contributed by atoms with Gasteiger partial charge in [0.1, 0.15) is 11.5 Å². The van der Waals surface area contributed by atoms with Crippen LogP contribution in [0.3, 0.4) is 0 Å². The van der Waals surface area contributed by atoms with E-state index in [1.165, 1.54) is 0 Å².